The lowest BCUT2D eigenvalue weighted by atomic mass is 10.1. The third kappa shape index (κ3) is 6.51. The molecule has 0 saturated carbocycles. The molecular formula is C26H30N2O3. The van der Waals surface area contributed by atoms with E-state index in [0.717, 1.165) is 28.3 Å². The molecule has 3 aromatic carbocycles. The van der Waals surface area contributed by atoms with Crippen LogP contribution < -0.4 is 20.1 Å². The number of hydrogen-bond donors (Lipinski definition) is 2. The van der Waals surface area contributed by atoms with Crippen molar-refractivity contribution < 1.29 is 14.3 Å². The molecule has 3 aromatic rings. The first kappa shape index (κ1) is 22.2. The molecule has 3 rings (SSSR count). The summed E-state index contributed by atoms with van der Waals surface area (Å²) < 4.78 is 11.5. The largest absolute Gasteiger partial charge is 0.493 e. The number of ether oxygens (including phenoxy) is 2. The van der Waals surface area contributed by atoms with Gasteiger partial charge in [0.1, 0.15) is 6.61 Å². The number of benzene rings is 3. The second-order valence-corrected chi connectivity index (χ2v) is 7.83. The van der Waals surface area contributed by atoms with Crippen LogP contribution in [0.15, 0.2) is 66.7 Å². The first-order valence-electron chi connectivity index (χ1n) is 10.4. The van der Waals surface area contributed by atoms with Crippen molar-refractivity contribution in [3.05, 3.63) is 83.4 Å². The van der Waals surface area contributed by atoms with Crippen molar-refractivity contribution in [2.75, 3.05) is 17.7 Å². The Kier molecular flexibility index (Phi) is 7.55. The Hall–Kier alpha value is -3.47. The summed E-state index contributed by atoms with van der Waals surface area (Å²) in [5.41, 5.74) is 5.19. The van der Waals surface area contributed by atoms with Gasteiger partial charge < -0.3 is 20.1 Å². The Morgan fingerprint density at radius 3 is 2.16 bits per heavy atom. The van der Waals surface area contributed by atoms with Crippen molar-refractivity contribution >= 4 is 17.3 Å². The molecule has 0 aliphatic rings. The molecule has 0 bridgehead atoms. The van der Waals surface area contributed by atoms with Gasteiger partial charge in [-0.15, -0.1) is 0 Å². The summed E-state index contributed by atoms with van der Waals surface area (Å²) in [7, 11) is 1.65. The van der Waals surface area contributed by atoms with E-state index in [1.54, 1.807) is 7.11 Å². The molecule has 0 atom stereocenters. The molecule has 162 valence electrons. The topological polar surface area (TPSA) is 59.6 Å². The highest BCUT2D eigenvalue weighted by Gasteiger charge is 2.08. The lowest BCUT2D eigenvalue weighted by Gasteiger charge is -2.14. The molecule has 0 aliphatic carbocycles. The Morgan fingerprint density at radius 2 is 1.52 bits per heavy atom. The number of anilines is 2. The zero-order valence-corrected chi connectivity index (χ0v) is 18.6. The van der Waals surface area contributed by atoms with Gasteiger partial charge in [0, 0.05) is 23.8 Å². The highest BCUT2D eigenvalue weighted by molar-refractivity contribution is 5.92. The minimum Gasteiger partial charge on any atom is -0.493 e. The minimum atomic E-state index is -0.0448. The fourth-order valence-corrected chi connectivity index (χ4v) is 2.95. The van der Waals surface area contributed by atoms with Crippen LogP contribution in [-0.2, 0) is 17.9 Å². The summed E-state index contributed by atoms with van der Waals surface area (Å²) in [5, 5.41) is 6.28. The van der Waals surface area contributed by atoms with Crippen molar-refractivity contribution in [1.29, 1.82) is 0 Å². The first-order chi connectivity index (χ1) is 14.9. The lowest BCUT2D eigenvalue weighted by molar-refractivity contribution is -0.118. The molecule has 0 saturated heterocycles. The predicted molar refractivity (Wildman–Crippen MR) is 126 cm³/mol. The van der Waals surface area contributed by atoms with E-state index in [1.807, 2.05) is 56.3 Å². The van der Waals surface area contributed by atoms with Gasteiger partial charge in [0.15, 0.2) is 11.5 Å². The Morgan fingerprint density at radius 1 is 0.871 bits per heavy atom. The SMILES string of the molecule is COc1cc(CNc2ccc(NC(=O)C(C)C)cc2)ccc1OCc1ccc(C)cc1. The summed E-state index contributed by atoms with van der Waals surface area (Å²) in [4.78, 5) is 11.8. The van der Waals surface area contributed by atoms with E-state index in [9.17, 15) is 4.79 Å². The van der Waals surface area contributed by atoms with Gasteiger partial charge >= 0.3 is 0 Å². The Labute approximate surface area is 184 Å². The maximum atomic E-state index is 11.8. The van der Waals surface area contributed by atoms with Crippen LogP contribution in [0.3, 0.4) is 0 Å². The van der Waals surface area contributed by atoms with E-state index in [-0.39, 0.29) is 11.8 Å². The predicted octanol–water partition coefficient (Wildman–Crippen LogP) is 5.79. The van der Waals surface area contributed by atoms with Crippen LogP contribution in [0.1, 0.15) is 30.5 Å². The second kappa shape index (κ2) is 10.5. The Balaban J connectivity index is 1.57. The number of rotatable bonds is 9. The van der Waals surface area contributed by atoms with Crippen LogP contribution in [0.4, 0.5) is 11.4 Å². The quantitative estimate of drug-likeness (QED) is 0.462. The number of hydrogen-bond acceptors (Lipinski definition) is 4. The van der Waals surface area contributed by atoms with Crippen molar-refractivity contribution in [2.45, 2.75) is 33.9 Å². The van der Waals surface area contributed by atoms with Crippen LogP contribution >= 0.6 is 0 Å². The molecule has 0 heterocycles. The fourth-order valence-electron chi connectivity index (χ4n) is 2.95. The van der Waals surface area contributed by atoms with Crippen LogP contribution in [0, 0.1) is 12.8 Å². The van der Waals surface area contributed by atoms with Gasteiger partial charge in [-0.1, -0.05) is 49.7 Å². The number of nitrogens with one attached hydrogen (secondary N) is 2. The van der Waals surface area contributed by atoms with E-state index >= 15 is 0 Å². The number of amides is 1. The average Bonchev–Trinajstić information content (AvgIpc) is 2.78. The first-order valence-corrected chi connectivity index (χ1v) is 10.4. The van der Waals surface area contributed by atoms with E-state index in [2.05, 4.69) is 41.8 Å². The van der Waals surface area contributed by atoms with Crippen LogP contribution in [0.5, 0.6) is 11.5 Å². The van der Waals surface area contributed by atoms with E-state index < -0.39 is 0 Å². The Bertz CT molecular complexity index is 996. The van der Waals surface area contributed by atoms with Gasteiger partial charge in [0.05, 0.1) is 7.11 Å². The third-order valence-corrected chi connectivity index (χ3v) is 4.92. The van der Waals surface area contributed by atoms with Crippen molar-refractivity contribution in [1.82, 2.24) is 0 Å². The molecule has 5 nitrogen and oxygen atoms in total. The normalized spacial score (nSPS) is 10.6. The van der Waals surface area contributed by atoms with E-state index in [4.69, 9.17) is 9.47 Å². The van der Waals surface area contributed by atoms with E-state index in [1.165, 1.54) is 5.56 Å². The summed E-state index contributed by atoms with van der Waals surface area (Å²) in [6, 6.07) is 21.9. The van der Waals surface area contributed by atoms with Crippen LogP contribution in [-0.4, -0.2) is 13.0 Å². The maximum Gasteiger partial charge on any atom is 0.226 e. The van der Waals surface area contributed by atoms with Crippen molar-refractivity contribution in [2.24, 2.45) is 5.92 Å². The van der Waals surface area contributed by atoms with Gasteiger partial charge in [0.2, 0.25) is 5.91 Å². The highest BCUT2D eigenvalue weighted by atomic mass is 16.5. The number of carbonyl (C=O) groups excluding carboxylic acids is 1. The summed E-state index contributed by atoms with van der Waals surface area (Å²) in [6.07, 6.45) is 0. The third-order valence-electron chi connectivity index (χ3n) is 4.92. The van der Waals surface area contributed by atoms with Gasteiger partial charge in [-0.05, 0) is 54.4 Å². The van der Waals surface area contributed by atoms with Gasteiger partial charge in [-0.25, -0.2) is 0 Å². The molecule has 2 N–H and O–H groups in total. The van der Waals surface area contributed by atoms with Crippen LogP contribution in [0.25, 0.3) is 0 Å². The van der Waals surface area contributed by atoms with Crippen molar-refractivity contribution in [3.8, 4) is 11.5 Å². The molecule has 0 radical (unpaired) electrons. The fraction of sp³-hybridized carbons (Fsp3) is 0.269. The van der Waals surface area contributed by atoms with Gasteiger partial charge in [0.25, 0.3) is 0 Å². The number of methoxy groups -OCH3 is 1. The molecule has 5 heteroatoms. The average molecular weight is 419 g/mol. The maximum absolute atomic E-state index is 11.8. The second-order valence-electron chi connectivity index (χ2n) is 7.83. The lowest BCUT2D eigenvalue weighted by Crippen LogP contribution is -2.17. The van der Waals surface area contributed by atoms with Crippen LogP contribution in [0.2, 0.25) is 0 Å². The smallest absolute Gasteiger partial charge is 0.226 e. The molecular weight excluding hydrogens is 388 g/mol. The molecule has 0 spiro atoms. The zero-order chi connectivity index (χ0) is 22.2. The number of carbonyl (C=O) groups is 1. The molecule has 0 unspecified atom stereocenters. The zero-order valence-electron chi connectivity index (χ0n) is 18.6. The standard InChI is InChI=1S/C26H30N2O3/c1-18(2)26(29)28-23-12-10-22(11-13-23)27-16-21-9-14-24(25(15-21)30-4)31-17-20-7-5-19(3)6-8-20/h5-15,18,27H,16-17H2,1-4H3,(H,28,29). The van der Waals surface area contributed by atoms with Crippen molar-refractivity contribution in [3.63, 3.8) is 0 Å². The summed E-state index contributed by atoms with van der Waals surface area (Å²) in [6.45, 7) is 6.95. The molecule has 0 fully saturated rings. The number of aryl methyl sites for hydroxylation is 1. The van der Waals surface area contributed by atoms with Gasteiger partial charge in [-0.2, -0.15) is 0 Å². The molecule has 1 amide bonds. The highest BCUT2D eigenvalue weighted by Crippen LogP contribution is 2.29. The summed E-state index contributed by atoms with van der Waals surface area (Å²) in [5.74, 6) is 1.39. The monoisotopic (exact) mass is 418 g/mol. The van der Waals surface area contributed by atoms with Gasteiger partial charge in [-0.3, -0.25) is 4.79 Å². The van der Waals surface area contributed by atoms with E-state index in [0.29, 0.717) is 18.9 Å². The minimum absolute atomic E-state index is 0.0116. The summed E-state index contributed by atoms with van der Waals surface area (Å²) >= 11 is 0. The molecule has 0 aromatic heterocycles. The molecule has 31 heavy (non-hydrogen) atoms. The molecule has 0 aliphatic heterocycles.